The van der Waals surface area contributed by atoms with Crippen molar-refractivity contribution in [1.29, 1.82) is 0 Å². The molecular weight excluding hydrogens is 681 g/mol. The minimum Gasteiger partial charge on any atom is -0.264 e. The molecule has 0 aliphatic carbocycles. The van der Waals surface area contributed by atoms with E-state index < -0.39 is 0 Å². The molecule has 0 aliphatic heterocycles. The van der Waals surface area contributed by atoms with Crippen molar-refractivity contribution < 1.29 is 0 Å². The number of rotatable bonds is 5. The predicted molar refractivity (Wildman–Crippen MR) is 232 cm³/mol. The lowest BCUT2D eigenvalue weighted by atomic mass is 9.91. The first-order valence-electron chi connectivity index (χ1n) is 18.9. The lowest BCUT2D eigenvalue weighted by Crippen LogP contribution is -2.00. The highest BCUT2D eigenvalue weighted by atomic mass is 15.0. The lowest BCUT2D eigenvalue weighted by molar-refractivity contribution is 1.07. The summed E-state index contributed by atoms with van der Waals surface area (Å²) in [4.78, 5) is 19.7. The second-order valence-electron chi connectivity index (χ2n) is 14.2. The number of benzene rings is 9. The fourth-order valence-electron chi connectivity index (χ4n) is 8.27. The minimum atomic E-state index is 0.627. The van der Waals surface area contributed by atoms with Crippen LogP contribution in [-0.2, 0) is 0 Å². The standard InChI is InChI=1S/C52H32N4/c1-2-11-34(12-3-1)50-54-51(35-23-21-33(22-24-35)47-30-37-13-4-5-16-40(37)42-17-6-8-19-44(42)47)56-52(55-50)38-15-10-14-36(29-38)48-31-49-41-27-28-53-32-39(41)25-26-46(49)43-18-7-9-20-45(43)48/h1-32H. The first-order chi connectivity index (χ1) is 27.7. The summed E-state index contributed by atoms with van der Waals surface area (Å²) in [5, 5.41) is 12.1. The van der Waals surface area contributed by atoms with Crippen LogP contribution in [0.25, 0.3) is 110 Å². The minimum absolute atomic E-state index is 0.627. The molecule has 0 amide bonds. The first kappa shape index (κ1) is 31.9. The van der Waals surface area contributed by atoms with Crippen LogP contribution in [-0.4, -0.2) is 19.9 Å². The van der Waals surface area contributed by atoms with Gasteiger partial charge in [-0.25, -0.2) is 15.0 Å². The first-order valence-corrected chi connectivity index (χ1v) is 18.9. The Balaban J connectivity index is 1.05. The summed E-state index contributed by atoms with van der Waals surface area (Å²) in [5.41, 5.74) is 7.40. The molecule has 0 fully saturated rings. The third-order valence-corrected chi connectivity index (χ3v) is 11.0. The Kier molecular flexibility index (Phi) is 7.46. The Hall–Kier alpha value is -7.56. The van der Waals surface area contributed by atoms with Crippen LogP contribution in [0.5, 0.6) is 0 Å². The third-order valence-electron chi connectivity index (χ3n) is 11.0. The van der Waals surface area contributed by atoms with Crippen LogP contribution in [0.2, 0.25) is 0 Å². The maximum absolute atomic E-state index is 5.15. The molecule has 11 aromatic rings. The smallest absolute Gasteiger partial charge is 0.164 e. The van der Waals surface area contributed by atoms with Gasteiger partial charge in [0.1, 0.15) is 0 Å². The summed E-state index contributed by atoms with van der Waals surface area (Å²) in [7, 11) is 0. The number of fused-ring (bicyclic) bond motifs is 8. The van der Waals surface area contributed by atoms with E-state index in [4.69, 9.17) is 15.0 Å². The monoisotopic (exact) mass is 712 g/mol. The normalized spacial score (nSPS) is 11.6. The van der Waals surface area contributed by atoms with Crippen LogP contribution < -0.4 is 0 Å². The Morgan fingerprint density at radius 3 is 1.54 bits per heavy atom. The molecule has 4 nitrogen and oxygen atoms in total. The van der Waals surface area contributed by atoms with E-state index in [1.807, 2.05) is 42.7 Å². The van der Waals surface area contributed by atoms with Gasteiger partial charge in [0.05, 0.1) is 0 Å². The van der Waals surface area contributed by atoms with Crippen LogP contribution in [0.1, 0.15) is 0 Å². The molecule has 0 radical (unpaired) electrons. The van der Waals surface area contributed by atoms with Gasteiger partial charge in [-0.15, -0.1) is 0 Å². The van der Waals surface area contributed by atoms with E-state index in [1.165, 1.54) is 54.0 Å². The highest BCUT2D eigenvalue weighted by molar-refractivity contribution is 6.21. The molecule has 260 valence electrons. The SMILES string of the molecule is c1ccc(-c2nc(-c3ccc(-c4cc5ccccc5c5ccccc45)cc3)nc(-c3cccc(-c4cc5c6ccncc6ccc5c5ccccc45)c3)n2)cc1. The van der Waals surface area contributed by atoms with Gasteiger partial charge in [0.15, 0.2) is 17.5 Å². The number of nitrogens with zero attached hydrogens (tertiary/aromatic N) is 4. The van der Waals surface area contributed by atoms with Gasteiger partial charge in [-0.1, -0.05) is 158 Å². The Morgan fingerprint density at radius 1 is 0.268 bits per heavy atom. The summed E-state index contributed by atoms with van der Waals surface area (Å²) in [6, 6.07) is 64.4. The summed E-state index contributed by atoms with van der Waals surface area (Å²) >= 11 is 0. The van der Waals surface area contributed by atoms with Gasteiger partial charge in [-0.3, -0.25) is 4.98 Å². The van der Waals surface area contributed by atoms with Crippen LogP contribution in [0.15, 0.2) is 194 Å². The van der Waals surface area contributed by atoms with Gasteiger partial charge in [0, 0.05) is 34.5 Å². The van der Waals surface area contributed by atoms with E-state index in [9.17, 15) is 0 Å². The summed E-state index contributed by atoms with van der Waals surface area (Å²) < 4.78 is 0. The van der Waals surface area contributed by atoms with Crippen molar-refractivity contribution in [2.45, 2.75) is 0 Å². The molecule has 0 unspecified atom stereocenters. The van der Waals surface area contributed by atoms with Gasteiger partial charge in [-0.2, -0.15) is 0 Å². The predicted octanol–water partition coefficient (Wildman–Crippen LogP) is 13.4. The second kappa shape index (κ2) is 13.1. The van der Waals surface area contributed by atoms with Crippen molar-refractivity contribution in [2.24, 2.45) is 0 Å². The topological polar surface area (TPSA) is 51.6 Å². The van der Waals surface area contributed by atoms with E-state index in [2.05, 4.69) is 157 Å². The fourth-order valence-corrected chi connectivity index (χ4v) is 8.27. The maximum atomic E-state index is 5.15. The highest BCUT2D eigenvalue weighted by Crippen LogP contribution is 2.40. The molecule has 0 N–H and O–H groups in total. The largest absolute Gasteiger partial charge is 0.264 e. The van der Waals surface area contributed by atoms with Gasteiger partial charge in [0.25, 0.3) is 0 Å². The van der Waals surface area contributed by atoms with Crippen molar-refractivity contribution in [1.82, 2.24) is 19.9 Å². The number of hydrogen-bond donors (Lipinski definition) is 0. The van der Waals surface area contributed by atoms with E-state index >= 15 is 0 Å². The van der Waals surface area contributed by atoms with Crippen LogP contribution >= 0.6 is 0 Å². The van der Waals surface area contributed by atoms with Crippen molar-refractivity contribution in [3.05, 3.63) is 194 Å². The number of hydrogen-bond acceptors (Lipinski definition) is 4. The molecule has 0 atom stereocenters. The zero-order chi connectivity index (χ0) is 37.0. The molecule has 0 aliphatic rings. The highest BCUT2D eigenvalue weighted by Gasteiger charge is 2.16. The van der Waals surface area contributed by atoms with Crippen LogP contribution in [0, 0.1) is 0 Å². The van der Waals surface area contributed by atoms with E-state index in [0.29, 0.717) is 17.5 Å². The van der Waals surface area contributed by atoms with Gasteiger partial charge in [0.2, 0.25) is 0 Å². The molecule has 0 spiro atoms. The molecule has 56 heavy (non-hydrogen) atoms. The van der Waals surface area contributed by atoms with Crippen molar-refractivity contribution in [3.8, 4) is 56.4 Å². The molecule has 9 aromatic carbocycles. The molecule has 4 heteroatoms. The molecule has 0 bridgehead atoms. The fraction of sp³-hybridized carbons (Fsp3) is 0. The maximum Gasteiger partial charge on any atom is 0.164 e. The summed E-state index contributed by atoms with van der Waals surface area (Å²) in [6.45, 7) is 0. The van der Waals surface area contributed by atoms with Gasteiger partial charge >= 0.3 is 0 Å². The van der Waals surface area contributed by atoms with Crippen molar-refractivity contribution in [2.75, 3.05) is 0 Å². The molecule has 0 saturated heterocycles. The Labute approximate surface area is 323 Å². The average Bonchev–Trinajstić information content (AvgIpc) is 3.28. The lowest BCUT2D eigenvalue weighted by Gasteiger charge is -2.14. The molecule has 2 aromatic heterocycles. The molecular formula is C52H32N4. The second-order valence-corrected chi connectivity index (χ2v) is 14.2. The Morgan fingerprint density at radius 2 is 0.786 bits per heavy atom. The van der Waals surface area contributed by atoms with E-state index in [-0.39, 0.29) is 0 Å². The number of aromatic nitrogens is 4. The zero-order valence-electron chi connectivity index (χ0n) is 30.3. The molecule has 2 heterocycles. The van der Waals surface area contributed by atoms with Gasteiger partial charge < -0.3 is 0 Å². The zero-order valence-corrected chi connectivity index (χ0v) is 30.3. The van der Waals surface area contributed by atoms with Crippen molar-refractivity contribution >= 4 is 53.9 Å². The summed E-state index contributed by atoms with van der Waals surface area (Å²) in [6.07, 6.45) is 3.81. The van der Waals surface area contributed by atoms with Gasteiger partial charge in [-0.05, 0) is 95.0 Å². The molecule has 11 rings (SSSR count). The summed E-state index contributed by atoms with van der Waals surface area (Å²) in [5.74, 6) is 1.89. The third kappa shape index (κ3) is 5.39. The van der Waals surface area contributed by atoms with Crippen molar-refractivity contribution in [3.63, 3.8) is 0 Å². The quantitative estimate of drug-likeness (QED) is 0.167. The number of pyridine rings is 1. The van der Waals surface area contributed by atoms with Crippen LogP contribution in [0.3, 0.4) is 0 Å². The average molecular weight is 713 g/mol. The molecule has 0 saturated carbocycles. The van der Waals surface area contributed by atoms with E-state index in [1.54, 1.807) is 0 Å². The Bertz CT molecular complexity index is 3300. The van der Waals surface area contributed by atoms with Crippen LogP contribution in [0.4, 0.5) is 0 Å². The van der Waals surface area contributed by atoms with E-state index in [0.717, 1.165) is 38.8 Å².